The van der Waals surface area contributed by atoms with Crippen LogP contribution in [-0.4, -0.2) is 24.3 Å². The van der Waals surface area contributed by atoms with E-state index in [1.54, 1.807) is 32.9 Å². The SMILES string of the molecule is CC(C)(C)OC(=O)NC1=N[C@H](c2cc(Br)ccc2F)CCO1. The molecule has 0 radical (unpaired) electrons. The van der Waals surface area contributed by atoms with Crippen LogP contribution in [0, 0.1) is 5.82 Å². The lowest BCUT2D eigenvalue weighted by Crippen LogP contribution is -2.39. The van der Waals surface area contributed by atoms with Crippen molar-refractivity contribution in [3.8, 4) is 0 Å². The zero-order valence-corrected chi connectivity index (χ0v) is 14.2. The Kier molecular flexibility index (Phi) is 5.05. The Morgan fingerprint density at radius 3 is 2.91 bits per heavy atom. The highest BCUT2D eigenvalue weighted by atomic mass is 79.9. The number of aliphatic imine (C=N–C) groups is 1. The summed E-state index contributed by atoms with van der Waals surface area (Å²) >= 11 is 3.32. The zero-order valence-electron chi connectivity index (χ0n) is 12.7. The van der Waals surface area contributed by atoms with E-state index in [-0.39, 0.29) is 11.8 Å². The minimum atomic E-state index is -0.651. The fraction of sp³-hybridized carbons (Fsp3) is 0.467. The number of carbonyl (C=O) groups is 1. The first-order chi connectivity index (χ1) is 10.2. The normalized spacial score (nSPS) is 18.2. The molecule has 0 bridgehead atoms. The molecule has 1 aliphatic heterocycles. The molecule has 22 heavy (non-hydrogen) atoms. The van der Waals surface area contributed by atoms with Crippen LogP contribution in [0.25, 0.3) is 0 Å². The molecular weight excluding hydrogens is 355 g/mol. The van der Waals surface area contributed by atoms with Crippen LogP contribution in [0.2, 0.25) is 0 Å². The van der Waals surface area contributed by atoms with Gasteiger partial charge in [0.25, 0.3) is 6.02 Å². The van der Waals surface area contributed by atoms with Crippen molar-refractivity contribution in [2.45, 2.75) is 38.8 Å². The Morgan fingerprint density at radius 1 is 1.50 bits per heavy atom. The number of ether oxygens (including phenoxy) is 2. The van der Waals surface area contributed by atoms with Gasteiger partial charge in [0, 0.05) is 16.5 Å². The monoisotopic (exact) mass is 372 g/mol. The van der Waals surface area contributed by atoms with Crippen molar-refractivity contribution in [1.29, 1.82) is 0 Å². The van der Waals surface area contributed by atoms with Gasteiger partial charge in [-0.05, 0) is 39.0 Å². The van der Waals surface area contributed by atoms with Crippen LogP contribution in [0.3, 0.4) is 0 Å². The maximum atomic E-state index is 13.9. The Morgan fingerprint density at radius 2 is 2.23 bits per heavy atom. The van der Waals surface area contributed by atoms with Gasteiger partial charge < -0.3 is 9.47 Å². The van der Waals surface area contributed by atoms with E-state index in [4.69, 9.17) is 9.47 Å². The molecular formula is C15H18BrFN2O3. The van der Waals surface area contributed by atoms with Gasteiger partial charge in [-0.3, -0.25) is 0 Å². The largest absolute Gasteiger partial charge is 0.465 e. The lowest BCUT2D eigenvalue weighted by Gasteiger charge is -2.24. The molecule has 1 amide bonds. The number of carbonyl (C=O) groups excluding carboxylic acids is 1. The maximum absolute atomic E-state index is 13.9. The summed E-state index contributed by atoms with van der Waals surface area (Å²) in [4.78, 5) is 16.0. The van der Waals surface area contributed by atoms with Gasteiger partial charge in [0.1, 0.15) is 11.4 Å². The first-order valence-electron chi connectivity index (χ1n) is 6.90. The van der Waals surface area contributed by atoms with Gasteiger partial charge in [-0.25, -0.2) is 19.5 Å². The second-order valence-corrected chi connectivity index (χ2v) is 6.80. The predicted molar refractivity (Wildman–Crippen MR) is 84.2 cm³/mol. The van der Waals surface area contributed by atoms with Crippen LogP contribution in [0.15, 0.2) is 27.7 Å². The first kappa shape index (κ1) is 16.7. The molecule has 120 valence electrons. The molecule has 5 nitrogen and oxygen atoms in total. The molecule has 2 rings (SSSR count). The van der Waals surface area contributed by atoms with Crippen molar-refractivity contribution in [3.05, 3.63) is 34.1 Å². The molecule has 1 aromatic rings. The number of amidine groups is 1. The van der Waals surface area contributed by atoms with Crippen LogP contribution in [0.1, 0.15) is 38.8 Å². The lowest BCUT2D eigenvalue weighted by molar-refractivity contribution is 0.0545. The number of amides is 1. The molecule has 1 heterocycles. The fourth-order valence-electron chi connectivity index (χ4n) is 1.96. The number of nitrogens with zero attached hydrogens (tertiary/aromatic N) is 1. The summed E-state index contributed by atoms with van der Waals surface area (Å²) in [6, 6.07) is 4.33. The molecule has 0 spiro atoms. The third-order valence-corrected chi connectivity index (χ3v) is 3.32. The molecule has 1 N–H and O–H groups in total. The van der Waals surface area contributed by atoms with E-state index in [1.165, 1.54) is 6.07 Å². The molecule has 0 unspecified atom stereocenters. The van der Waals surface area contributed by atoms with E-state index < -0.39 is 17.7 Å². The Labute approximate surface area is 137 Å². The number of alkyl carbamates (subject to hydrolysis) is 1. The Bertz CT molecular complexity index is 599. The highest BCUT2D eigenvalue weighted by molar-refractivity contribution is 9.10. The van der Waals surface area contributed by atoms with E-state index in [9.17, 15) is 9.18 Å². The molecule has 0 aliphatic carbocycles. The van der Waals surface area contributed by atoms with Crippen molar-refractivity contribution < 1.29 is 18.7 Å². The van der Waals surface area contributed by atoms with Gasteiger partial charge in [0.15, 0.2) is 0 Å². The number of rotatable bonds is 1. The summed E-state index contributed by atoms with van der Waals surface area (Å²) in [5, 5.41) is 2.44. The average molecular weight is 373 g/mol. The summed E-state index contributed by atoms with van der Waals surface area (Å²) in [6.07, 6.45) is -0.117. The molecule has 0 saturated heterocycles. The van der Waals surface area contributed by atoms with Crippen molar-refractivity contribution in [2.24, 2.45) is 4.99 Å². The summed E-state index contributed by atoms with van der Waals surface area (Å²) < 4.78 is 25.1. The van der Waals surface area contributed by atoms with E-state index in [0.29, 0.717) is 18.6 Å². The number of hydrogen-bond acceptors (Lipinski definition) is 4. The molecule has 7 heteroatoms. The van der Waals surface area contributed by atoms with Crippen LogP contribution >= 0.6 is 15.9 Å². The quantitative estimate of drug-likeness (QED) is 0.812. The fourth-order valence-corrected chi connectivity index (χ4v) is 2.34. The van der Waals surface area contributed by atoms with Gasteiger partial charge in [-0.15, -0.1) is 0 Å². The molecule has 1 atom stereocenters. The highest BCUT2D eigenvalue weighted by Gasteiger charge is 2.24. The third-order valence-electron chi connectivity index (χ3n) is 2.83. The molecule has 1 aliphatic rings. The zero-order chi connectivity index (χ0) is 16.3. The van der Waals surface area contributed by atoms with Crippen LogP contribution in [0.4, 0.5) is 9.18 Å². The summed E-state index contributed by atoms with van der Waals surface area (Å²) in [6.45, 7) is 5.62. The number of halogens is 2. The molecule has 0 saturated carbocycles. The van der Waals surface area contributed by atoms with Gasteiger partial charge in [-0.2, -0.15) is 0 Å². The van der Waals surface area contributed by atoms with E-state index in [1.807, 2.05) is 0 Å². The second kappa shape index (κ2) is 6.64. The lowest BCUT2D eigenvalue weighted by atomic mass is 10.0. The number of hydrogen-bond donors (Lipinski definition) is 1. The molecule has 0 aromatic heterocycles. The molecule has 1 aromatic carbocycles. The smallest absolute Gasteiger partial charge is 0.415 e. The minimum Gasteiger partial charge on any atom is -0.465 e. The van der Waals surface area contributed by atoms with Crippen LogP contribution in [0.5, 0.6) is 0 Å². The van der Waals surface area contributed by atoms with Crippen molar-refractivity contribution >= 4 is 28.0 Å². The minimum absolute atomic E-state index is 0.0462. The standard InChI is InChI=1S/C15H18BrFN2O3/c1-15(2,3)22-14(20)19-13-18-12(6-7-21-13)10-8-9(16)4-5-11(10)17/h4-5,8,12H,6-7H2,1-3H3,(H,18,19,20)/t12-/m0/s1. The summed E-state index contributed by atoms with van der Waals surface area (Å²) in [5.74, 6) is -0.338. The van der Waals surface area contributed by atoms with Crippen molar-refractivity contribution in [2.75, 3.05) is 6.61 Å². The average Bonchev–Trinajstić information content (AvgIpc) is 2.39. The van der Waals surface area contributed by atoms with Crippen LogP contribution < -0.4 is 5.32 Å². The second-order valence-electron chi connectivity index (χ2n) is 5.88. The van der Waals surface area contributed by atoms with Gasteiger partial charge >= 0.3 is 6.09 Å². The topological polar surface area (TPSA) is 59.9 Å². The van der Waals surface area contributed by atoms with Gasteiger partial charge in [0.2, 0.25) is 0 Å². The Balaban J connectivity index is 2.12. The maximum Gasteiger partial charge on any atom is 0.415 e. The summed E-state index contributed by atoms with van der Waals surface area (Å²) in [5.41, 5.74) is -0.157. The third kappa shape index (κ3) is 4.69. The number of nitrogens with one attached hydrogen (secondary N) is 1. The van der Waals surface area contributed by atoms with E-state index in [2.05, 4.69) is 26.2 Å². The predicted octanol–water partition coefficient (Wildman–Crippen LogP) is 3.93. The first-order valence-corrected chi connectivity index (χ1v) is 7.69. The number of benzene rings is 1. The van der Waals surface area contributed by atoms with Crippen molar-refractivity contribution in [1.82, 2.24) is 5.32 Å². The van der Waals surface area contributed by atoms with E-state index >= 15 is 0 Å². The van der Waals surface area contributed by atoms with E-state index in [0.717, 1.165) is 4.47 Å². The summed E-state index contributed by atoms with van der Waals surface area (Å²) in [7, 11) is 0. The van der Waals surface area contributed by atoms with Gasteiger partial charge in [0.05, 0.1) is 12.6 Å². The Hall–Kier alpha value is -1.63. The molecule has 0 fully saturated rings. The van der Waals surface area contributed by atoms with Crippen molar-refractivity contribution in [3.63, 3.8) is 0 Å². The van der Waals surface area contributed by atoms with Gasteiger partial charge in [-0.1, -0.05) is 15.9 Å². The van der Waals surface area contributed by atoms with Crippen LogP contribution in [-0.2, 0) is 9.47 Å². The highest BCUT2D eigenvalue weighted by Crippen LogP contribution is 2.29.